The Morgan fingerprint density at radius 2 is 1.95 bits per heavy atom. The number of benzene rings is 1. The number of hydrogen-bond donors (Lipinski definition) is 1. The SMILES string of the molecule is Cc1ccc(-c2nc(C)c(C(=O)NCc3cccs3)s2)cc1. The van der Waals surface area contributed by atoms with Crippen LogP contribution in [0.4, 0.5) is 0 Å². The van der Waals surface area contributed by atoms with E-state index in [2.05, 4.69) is 29.4 Å². The molecule has 0 radical (unpaired) electrons. The smallest absolute Gasteiger partial charge is 0.263 e. The standard InChI is InChI=1S/C17H16N2OS2/c1-11-5-7-13(8-6-11)17-19-12(2)15(22-17)16(20)18-10-14-4-3-9-21-14/h3-9H,10H2,1-2H3,(H,18,20). The Morgan fingerprint density at radius 3 is 2.64 bits per heavy atom. The van der Waals surface area contributed by atoms with Crippen molar-refractivity contribution in [3.63, 3.8) is 0 Å². The number of thiazole rings is 1. The fourth-order valence-electron chi connectivity index (χ4n) is 2.09. The van der Waals surface area contributed by atoms with Gasteiger partial charge in [0.25, 0.3) is 5.91 Å². The number of hydrogen-bond acceptors (Lipinski definition) is 4. The lowest BCUT2D eigenvalue weighted by molar-refractivity contribution is 0.0954. The number of aromatic nitrogens is 1. The van der Waals surface area contributed by atoms with E-state index >= 15 is 0 Å². The Morgan fingerprint density at radius 1 is 1.18 bits per heavy atom. The van der Waals surface area contributed by atoms with Crippen LogP contribution < -0.4 is 5.32 Å². The van der Waals surface area contributed by atoms with E-state index in [9.17, 15) is 4.79 Å². The van der Waals surface area contributed by atoms with E-state index in [-0.39, 0.29) is 5.91 Å². The Bertz CT molecular complexity index is 774. The molecule has 0 atom stereocenters. The minimum atomic E-state index is -0.0539. The molecule has 1 amide bonds. The monoisotopic (exact) mass is 328 g/mol. The predicted molar refractivity (Wildman–Crippen MR) is 92.5 cm³/mol. The van der Waals surface area contributed by atoms with Gasteiger partial charge in [-0.15, -0.1) is 22.7 Å². The third-order valence-electron chi connectivity index (χ3n) is 3.30. The first-order valence-electron chi connectivity index (χ1n) is 6.98. The summed E-state index contributed by atoms with van der Waals surface area (Å²) in [6.45, 7) is 4.50. The predicted octanol–water partition coefficient (Wildman–Crippen LogP) is 4.42. The van der Waals surface area contributed by atoms with Crippen LogP contribution in [0.3, 0.4) is 0 Å². The molecule has 5 heteroatoms. The van der Waals surface area contributed by atoms with Crippen LogP contribution in [-0.2, 0) is 6.54 Å². The maximum Gasteiger partial charge on any atom is 0.263 e. The van der Waals surface area contributed by atoms with Crippen molar-refractivity contribution >= 4 is 28.6 Å². The molecule has 0 saturated heterocycles. The van der Waals surface area contributed by atoms with Gasteiger partial charge in [-0.05, 0) is 25.3 Å². The third-order valence-corrected chi connectivity index (χ3v) is 5.39. The van der Waals surface area contributed by atoms with E-state index in [1.807, 2.05) is 36.6 Å². The highest BCUT2D eigenvalue weighted by atomic mass is 32.1. The van der Waals surface area contributed by atoms with Crippen molar-refractivity contribution in [3.05, 3.63) is 62.8 Å². The Kier molecular flexibility index (Phi) is 4.36. The molecule has 0 saturated carbocycles. The molecular formula is C17H16N2OS2. The van der Waals surface area contributed by atoms with Gasteiger partial charge < -0.3 is 5.32 Å². The maximum atomic E-state index is 12.3. The van der Waals surface area contributed by atoms with Gasteiger partial charge in [-0.3, -0.25) is 4.79 Å². The van der Waals surface area contributed by atoms with Crippen molar-refractivity contribution in [2.45, 2.75) is 20.4 Å². The number of nitrogens with one attached hydrogen (secondary N) is 1. The number of thiophene rings is 1. The Balaban J connectivity index is 1.76. The van der Waals surface area contributed by atoms with E-state index in [0.29, 0.717) is 11.4 Å². The second kappa shape index (κ2) is 6.42. The highest BCUT2D eigenvalue weighted by Crippen LogP contribution is 2.28. The van der Waals surface area contributed by atoms with Crippen molar-refractivity contribution in [2.24, 2.45) is 0 Å². The van der Waals surface area contributed by atoms with Gasteiger partial charge >= 0.3 is 0 Å². The zero-order valence-corrected chi connectivity index (χ0v) is 14.1. The molecule has 1 aromatic carbocycles. The molecule has 0 fully saturated rings. The lowest BCUT2D eigenvalue weighted by Gasteiger charge is -2.01. The van der Waals surface area contributed by atoms with Crippen LogP contribution in [0.5, 0.6) is 0 Å². The largest absolute Gasteiger partial charge is 0.346 e. The second-order valence-corrected chi connectivity index (χ2v) is 7.09. The Labute approximate surface area is 137 Å². The number of carbonyl (C=O) groups excluding carboxylic acids is 1. The van der Waals surface area contributed by atoms with Crippen LogP contribution in [0.1, 0.15) is 25.8 Å². The number of aryl methyl sites for hydroxylation is 2. The number of amides is 1. The molecule has 0 aliphatic rings. The first-order chi connectivity index (χ1) is 10.6. The normalized spacial score (nSPS) is 10.6. The van der Waals surface area contributed by atoms with Crippen molar-refractivity contribution in [1.29, 1.82) is 0 Å². The summed E-state index contributed by atoms with van der Waals surface area (Å²) in [5, 5.41) is 5.85. The molecule has 3 nitrogen and oxygen atoms in total. The second-order valence-electron chi connectivity index (χ2n) is 5.06. The average molecular weight is 328 g/mol. The maximum absolute atomic E-state index is 12.3. The van der Waals surface area contributed by atoms with Crippen LogP contribution in [0.15, 0.2) is 41.8 Å². The van der Waals surface area contributed by atoms with Crippen molar-refractivity contribution in [2.75, 3.05) is 0 Å². The molecule has 112 valence electrons. The molecule has 3 aromatic rings. The minimum Gasteiger partial charge on any atom is -0.346 e. The lowest BCUT2D eigenvalue weighted by atomic mass is 10.2. The van der Waals surface area contributed by atoms with Crippen LogP contribution >= 0.6 is 22.7 Å². The molecule has 22 heavy (non-hydrogen) atoms. The summed E-state index contributed by atoms with van der Waals surface area (Å²) in [5.74, 6) is -0.0539. The lowest BCUT2D eigenvalue weighted by Crippen LogP contribution is -2.22. The molecule has 2 heterocycles. The third kappa shape index (κ3) is 3.26. The fourth-order valence-corrected chi connectivity index (χ4v) is 3.72. The summed E-state index contributed by atoms with van der Waals surface area (Å²) in [4.78, 5) is 18.7. The highest BCUT2D eigenvalue weighted by molar-refractivity contribution is 7.17. The van der Waals surface area contributed by atoms with Gasteiger partial charge in [0.1, 0.15) is 9.88 Å². The summed E-state index contributed by atoms with van der Waals surface area (Å²) in [6, 6.07) is 12.2. The number of carbonyl (C=O) groups is 1. The first-order valence-corrected chi connectivity index (χ1v) is 8.68. The molecule has 1 N–H and O–H groups in total. The van der Waals surface area contributed by atoms with Gasteiger partial charge in [0.05, 0.1) is 12.2 Å². The molecule has 2 aromatic heterocycles. The van der Waals surface area contributed by atoms with Gasteiger partial charge in [-0.2, -0.15) is 0 Å². The van der Waals surface area contributed by atoms with Crippen molar-refractivity contribution in [1.82, 2.24) is 10.3 Å². The molecular weight excluding hydrogens is 312 g/mol. The van der Waals surface area contributed by atoms with Gasteiger partial charge in [-0.25, -0.2) is 4.98 Å². The van der Waals surface area contributed by atoms with E-state index in [1.165, 1.54) is 16.9 Å². The number of nitrogens with zero attached hydrogens (tertiary/aromatic N) is 1. The molecule has 0 spiro atoms. The van der Waals surface area contributed by atoms with Crippen LogP contribution in [-0.4, -0.2) is 10.9 Å². The minimum absolute atomic E-state index is 0.0539. The van der Waals surface area contributed by atoms with Crippen molar-refractivity contribution < 1.29 is 4.79 Å². The number of rotatable bonds is 4. The van der Waals surface area contributed by atoms with Gasteiger partial charge in [-0.1, -0.05) is 35.9 Å². The fraction of sp³-hybridized carbons (Fsp3) is 0.176. The van der Waals surface area contributed by atoms with Gasteiger partial charge in [0, 0.05) is 10.4 Å². The molecule has 0 unspecified atom stereocenters. The van der Waals surface area contributed by atoms with Crippen LogP contribution in [0.25, 0.3) is 10.6 Å². The first kappa shape index (κ1) is 14.9. The van der Waals surface area contributed by atoms with Gasteiger partial charge in [0.15, 0.2) is 0 Å². The van der Waals surface area contributed by atoms with E-state index in [4.69, 9.17) is 0 Å². The van der Waals surface area contributed by atoms with E-state index in [0.717, 1.165) is 21.1 Å². The summed E-state index contributed by atoms with van der Waals surface area (Å²) in [6.07, 6.45) is 0. The molecule has 0 aliphatic heterocycles. The highest BCUT2D eigenvalue weighted by Gasteiger charge is 2.16. The molecule has 0 bridgehead atoms. The van der Waals surface area contributed by atoms with Crippen molar-refractivity contribution in [3.8, 4) is 10.6 Å². The zero-order valence-electron chi connectivity index (χ0n) is 12.4. The topological polar surface area (TPSA) is 42.0 Å². The van der Waals surface area contributed by atoms with E-state index in [1.54, 1.807) is 11.3 Å². The summed E-state index contributed by atoms with van der Waals surface area (Å²) < 4.78 is 0. The summed E-state index contributed by atoms with van der Waals surface area (Å²) in [5.41, 5.74) is 3.05. The van der Waals surface area contributed by atoms with Crippen LogP contribution in [0, 0.1) is 13.8 Å². The Hall–Kier alpha value is -1.98. The van der Waals surface area contributed by atoms with Gasteiger partial charge in [0.2, 0.25) is 0 Å². The molecule has 0 aliphatic carbocycles. The average Bonchev–Trinajstić information content (AvgIpc) is 3.15. The quantitative estimate of drug-likeness (QED) is 0.770. The molecule has 3 rings (SSSR count). The summed E-state index contributed by atoms with van der Waals surface area (Å²) in [7, 11) is 0. The van der Waals surface area contributed by atoms with E-state index < -0.39 is 0 Å². The summed E-state index contributed by atoms with van der Waals surface area (Å²) >= 11 is 3.08. The van der Waals surface area contributed by atoms with Crippen LogP contribution in [0.2, 0.25) is 0 Å². The zero-order chi connectivity index (χ0) is 15.5.